The average Bonchev–Trinajstić information content (AvgIpc) is 2.89. The first-order valence-electron chi connectivity index (χ1n) is 10.4. The lowest BCUT2D eigenvalue weighted by Crippen LogP contribution is -2.67. The van der Waals surface area contributed by atoms with Crippen LogP contribution in [0.2, 0.25) is 0 Å². The van der Waals surface area contributed by atoms with Crippen molar-refractivity contribution in [2.45, 2.75) is 58.9 Å². The van der Waals surface area contributed by atoms with Crippen LogP contribution in [0.4, 0.5) is 0 Å². The second kappa shape index (κ2) is 6.16. The number of carbonyl (C=O) groups is 3. The van der Waals surface area contributed by atoms with E-state index < -0.39 is 16.2 Å². The SMILES string of the molecule is CN1C(=O)[C@@]2(C(=O)N3CCCC[C@H]3c3ccccc3)CC[C@@](C)(C1=O)C2(C)C. The van der Waals surface area contributed by atoms with Gasteiger partial charge in [0, 0.05) is 19.0 Å². The third kappa shape index (κ3) is 2.16. The molecule has 1 aromatic rings. The fourth-order valence-electron chi connectivity index (χ4n) is 5.94. The summed E-state index contributed by atoms with van der Waals surface area (Å²) in [6.07, 6.45) is 3.95. The zero-order chi connectivity index (χ0) is 20.3. The van der Waals surface area contributed by atoms with Gasteiger partial charge in [-0.3, -0.25) is 19.3 Å². The van der Waals surface area contributed by atoms with Gasteiger partial charge in [0.05, 0.1) is 11.5 Å². The van der Waals surface area contributed by atoms with Gasteiger partial charge in [0.2, 0.25) is 17.7 Å². The van der Waals surface area contributed by atoms with Crippen LogP contribution < -0.4 is 0 Å². The van der Waals surface area contributed by atoms with Crippen LogP contribution in [0.1, 0.15) is 64.5 Å². The number of benzene rings is 1. The highest BCUT2D eigenvalue weighted by atomic mass is 16.2. The molecule has 2 heterocycles. The number of fused-ring (bicyclic) bond motifs is 2. The molecule has 150 valence electrons. The molecule has 0 unspecified atom stereocenters. The Morgan fingerprint density at radius 1 is 1.00 bits per heavy atom. The predicted octanol–water partition coefficient (Wildman–Crippen LogP) is 3.55. The van der Waals surface area contributed by atoms with Gasteiger partial charge in [-0.15, -0.1) is 0 Å². The maximum Gasteiger partial charge on any atom is 0.245 e. The lowest BCUT2D eigenvalue weighted by Gasteiger charge is -2.54. The molecule has 2 bridgehead atoms. The third-order valence-electron chi connectivity index (χ3n) is 8.21. The molecule has 3 atom stereocenters. The molecule has 4 rings (SSSR count). The van der Waals surface area contributed by atoms with Gasteiger partial charge in [0.1, 0.15) is 5.41 Å². The van der Waals surface area contributed by atoms with Crippen LogP contribution in [0.3, 0.4) is 0 Å². The van der Waals surface area contributed by atoms with Crippen LogP contribution in [-0.4, -0.2) is 41.1 Å². The summed E-state index contributed by atoms with van der Waals surface area (Å²) in [5.74, 6) is -0.555. The molecule has 5 heteroatoms. The summed E-state index contributed by atoms with van der Waals surface area (Å²) < 4.78 is 0. The van der Waals surface area contributed by atoms with Crippen molar-refractivity contribution in [1.29, 1.82) is 0 Å². The molecule has 3 amide bonds. The van der Waals surface area contributed by atoms with E-state index in [0.717, 1.165) is 24.8 Å². The minimum Gasteiger partial charge on any atom is -0.335 e. The summed E-state index contributed by atoms with van der Waals surface area (Å²) in [7, 11) is 1.54. The largest absolute Gasteiger partial charge is 0.335 e. The minimum absolute atomic E-state index is 0.00443. The monoisotopic (exact) mass is 382 g/mol. The lowest BCUT2D eigenvalue weighted by atomic mass is 9.54. The van der Waals surface area contributed by atoms with E-state index >= 15 is 0 Å². The number of amides is 3. The fourth-order valence-corrected chi connectivity index (χ4v) is 5.94. The van der Waals surface area contributed by atoms with Crippen molar-refractivity contribution in [3.05, 3.63) is 35.9 Å². The van der Waals surface area contributed by atoms with E-state index in [4.69, 9.17) is 0 Å². The Morgan fingerprint density at radius 3 is 2.36 bits per heavy atom. The van der Waals surface area contributed by atoms with Crippen molar-refractivity contribution in [2.24, 2.45) is 16.2 Å². The first-order valence-corrected chi connectivity index (χ1v) is 10.4. The van der Waals surface area contributed by atoms with E-state index in [1.165, 1.54) is 11.9 Å². The minimum atomic E-state index is -1.16. The Bertz CT molecular complexity index is 834. The quantitative estimate of drug-likeness (QED) is 0.581. The molecular weight excluding hydrogens is 352 g/mol. The van der Waals surface area contributed by atoms with Gasteiger partial charge in [-0.25, -0.2) is 0 Å². The van der Waals surface area contributed by atoms with E-state index in [2.05, 4.69) is 12.1 Å². The van der Waals surface area contributed by atoms with Crippen LogP contribution in [0.5, 0.6) is 0 Å². The Hall–Kier alpha value is -2.17. The molecule has 0 radical (unpaired) electrons. The van der Waals surface area contributed by atoms with Gasteiger partial charge < -0.3 is 4.90 Å². The van der Waals surface area contributed by atoms with Gasteiger partial charge in [-0.05, 0) is 37.7 Å². The third-order valence-corrected chi connectivity index (χ3v) is 8.21. The molecule has 0 spiro atoms. The van der Waals surface area contributed by atoms with E-state index in [-0.39, 0.29) is 23.8 Å². The van der Waals surface area contributed by atoms with Gasteiger partial charge in [0.25, 0.3) is 0 Å². The molecule has 1 saturated carbocycles. The number of carbonyl (C=O) groups excluding carboxylic acids is 3. The molecule has 2 aliphatic heterocycles. The number of hydrogen-bond acceptors (Lipinski definition) is 3. The van der Waals surface area contributed by atoms with Gasteiger partial charge in [-0.2, -0.15) is 0 Å². The Balaban J connectivity index is 1.79. The number of hydrogen-bond donors (Lipinski definition) is 0. The van der Waals surface area contributed by atoms with Crippen LogP contribution >= 0.6 is 0 Å². The van der Waals surface area contributed by atoms with Crippen LogP contribution in [0.15, 0.2) is 30.3 Å². The van der Waals surface area contributed by atoms with Gasteiger partial charge >= 0.3 is 0 Å². The summed E-state index contributed by atoms with van der Waals surface area (Å²) in [5.41, 5.74) is -1.44. The highest BCUT2D eigenvalue weighted by Crippen LogP contribution is 2.67. The molecule has 2 saturated heterocycles. The fraction of sp³-hybridized carbons (Fsp3) is 0.609. The highest BCUT2D eigenvalue weighted by molar-refractivity contribution is 6.15. The second-order valence-corrected chi connectivity index (χ2v) is 9.45. The first kappa shape index (κ1) is 19.2. The standard InChI is InChI=1S/C23H30N2O3/c1-21(2)22(3)13-14-23(21,19(27)24(4)18(22)26)20(28)25-15-9-8-12-17(25)16-10-6-5-7-11-16/h5-7,10-11,17H,8-9,12-15H2,1-4H3/t17-,22-,23+/m0/s1. The molecule has 0 aromatic heterocycles. The average molecular weight is 383 g/mol. The van der Waals surface area contributed by atoms with E-state index in [1.54, 1.807) is 0 Å². The molecule has 3 fully saturated rings. The predicted molar refractivity (Wildman–Crippen MR) is 106 cm³/mol. The Kier molecular flexibility index (Phi) is 4.22. The molecular formula is C23H30N2O3. The molecule has 3 aliphatic rings. The van der Waals surface area contributed by atoms with Crippen molar-refractivity contribution < 1.29 is 14.4 Å². The van der Waals surface area contributed by atoms with E-state index in [0.29, 0.717) is 19.4 Å². The molecule has 28 heavy (non-hydrogen) atoms. The number of rotatable bonds is 2. The second-order valence-electron chi connectivity index (χ2n) is 9.45. The maximum atomic E-state index is 14.1. The van der Waals surface area contributed by atoms with Crippen LogP contribution in [-0.2, 0) is 14.4 Å². The highest BCUT2D eigenvalue weighted by Gasteiger charge is 2.75. The summed E-state index contributed by atoms with van der Waals surface area (Å²) in [6.45, 7) is 6.49. The maximum absolute atomic E-state index is 14.1. The summed E-state index contributed by atoms with van der Waals surface area (Å²) >= 11 is 0. The Morgan fingerprint density at radius 2 is 1.68 bits per heavy atom. The van der Waals surface area contributed by atoms with Crippen molar-refractivity contribution in [3.8, 4) is 0 Å². The Labute approximate surface area is 167 Å². The van der Waals surface area contributed by atoms with Crippen molar-refractivity contribution >= 4 is 17.7 Å². The number of nitrogens with zero attached hydrogens (tertiary/aromatic N) is 2. The van der Waals surface area contributed by atoms with Gasteiger partial charge in [0.15, 0.2) is 0 Å². The molecule has 1 aromatic carbocycles. The summed E-state index contributed by atoms with van der Waals surface area (Å²) in [5, 5.41) is 0. The summed E-state index contributed by atoms with van der Waals surface area (Å²) in [4.78, 5) is 43.7. The van der Waals surface area contributed by atoms with Crippen LogP contribution in [0, 0.1) is 16.2 Å². The topological polar surface area (TPSA) is 57.7 Å². The summed E-state index contributed by atoms with van der Waals surface area (Å²) in [6, 6.07) is 10.1. The van der Waals surface area contributed by atoms with E-state index in [1.807, 2.05) is 43.9 Å². The molecule has 5 nitrogen and oxygen atoms in total. The van der Waals surface area contributed by atoms with Crippen molar-refractivity contribution in [2.75, 3.05) is 13.6 Å². The normalized spacial score (nSPS) is 34.6. The first-order chi connectivity index (χ1) is 13.2. The zero-order valence-electron chi connectivity index (χ0n) is 17.3. The lowest BCUT2D eigenvalue weighted by molar-refractivity contribution is -0.183. The van der Waals surface area contributed by atoms with Crippen molar-refractivity contribution in [3.63, 3.8) is 0 Å². The smallest absolute Gasteiger partial charge is 0.245 e. The van der Waals surface area contributed by atoms with E-state index in [9.17, 15) is 14.4 Å². The number of piperidine rings is 2. The zero-order valence-corrected chi connectivity index (χ0v) is 17.3. The van der Waals surface area contributed by atoms with Gasteiger partial charge in [-0.1, -0.05) is 51.1 Å². The molecule has 1 aliphatic carbocycles. The number of likely N-dealkylation sites (tertiary alicyclic amines) is 2. The van der Waals surface area contributed by atoms with Crippen LogP contribution in [0.25, 0.3) is 0 Å². The number of imide groups is 1. The van der Waals surface area contributed by atoms with Crippen molar-refractivity contribution in [1.82, 2.24) is 9.80 Å². The molecule has 0 N–H and O–H groups in total.